The van der Waals surface area contributed by atoms with Gasteiger partial charge < -0.3 is 19.5 Å². The highest BCUT2D eigenvalue weighted by Gasteiger charge is 2.26. The van der Waals surface area contributed by atoms with Crippen molar-refractivity contribution in [2.24, 2.45) is 5.92 Å². The number of hydrogen-bond acceptors (Lipinski definition) is 4. The van der Waals surface area contributed by atoms with Crippen molar-refractivity contribution >= 4 is 0 Å². The van der Waals surface area contributed by atoms with Crippen molar-refractivity contribution in [2.45, 2.75) is 25.8 Å². The topological polar surface area (TPSA) is 39.7 Å². The van der Waals surface area contributed by atoms with E-state index >= 15 is 0 Å². The van der Waals surface area contributed by atoms with E-state index < -0.39 is 0 Å². The van der Waals surface area contributed by atoms with Gasteiger partial charge in [-0.3, -0.25) is 0 Å². The Hall–Kier alpha value is -1.10. The lowest BCUT2D eigenvalue weighted by Crippen LogP contribution is -2.34. The van der Waals surface area contributed by atoms with Crippen LogP contribution in [0.1, 0.15) is 31.4 Å². The van der Waals surface area contributed by atoms with Gasteiger partial charge in [0.2, 0.25) is 0 Å². The Morgan fingerprint density at radius 3 is 2.90 bits per heavy atom. The van der Waals surface area contributed by atoms with E-state index in [1.165, 1.54) is 5.56 Å². The van der Waals surface area contributed by atoms with E-state index in [4.69, 9.17) is 14.2 Å². The van der Waals surface area contributed by atoms with Gasteiger partial charge in [-0.2, -0.15) is 0 Å². The molecule has 0 radical (unpaired) electrons. The second kappa shape index (κ2) is 9.03. The lowest BCUT2D eigenvalue weighted by Gasteiger charge is -2.32. The third-order valence-corrected chi connectivity index (χ3v) is 3.84. The molecule has 0 saturated carbocycles. The molecular weight excluding hydrogens is 266 g/mol. The number of ether oxygens (including phenoxy) is 3. The van der Waals surface area contributed by atoms with Crippen LogP contribution in [0.5, 0.6) is 5.75 Å². The van der Waals surface area contributed by atoms with Crippen molar-refractivity contribution in [3.63, 3.8) is 0 Å². The van der Waals surface area contributed by atoms with Crippen LogP contribution < -0.4 is 10.1 Å². The first-order valence-electron chi connectivity index (χ1n) is 7.84. The SMILES string of the molecule is COCCOCCCCNC1c2ccccc2OCC1C. The number of unbranched alkanes of at least 4 members (excludes halogenated alkanes) is 1. The van der Waals surface area contributed by atoms with Gasteiger partial charge >= 0.3 is 0 Å². The molecule has 21 heavy (non-hydrogen) atoms. The van der Waals surface area contributed by atoms with Crippen molar-refractivity contribution < 1.29 is 14.2 Å². The van der Waals surface area contributed by atoms with Gasteiger partial charge in [0.05, 0.1) is 19.8 Å². The second-order valence-electron chi connectivity index (χ2n) is 5.57. The molecule has 1 aliphatic heterocycles. The summed E-state index contributed by atoms with van der Waals surface area (Å²) in [4.78, 5) is 0. The molecule has 2 unspecified atom stereocenters. The lowest BCUT2D eigenvalue weighted by molar-refractivity contribution is 0.0686. The maximum Gasteiger partial charge on any atom is 0.124 e. The molecule has 1 N–H and O–H groups in total. The summed E-state index contributed by atoms with van der Waals surface area (Å²) in [5.41, 5.74) is 1.28. The van der Waals surface area contributed by atoms with Crippen molar-refractivity contribution in [1.29, 1.82) is 0 Å². The Kier molecular flexibility index (Phi) is 7.00. The molecule has 4 heteroatoms. The summed E-state index contributed by atoms with van der Waals surface area (Å²) >= 11 is 0. The number of methoxy groups -OCH3 is 1. The van der Waals surface area contributed by atoms with Crippen molar-refractivity contribution in [3.8, 4) is 5.75 Å². The van der Waals surface area contributed by atoms with Gasteiger partial charge in [0.1, 0.15) is 5.75 Å². The minimum Gasteiger partial charge on any atom is -0.493 e. The molecule has 1 aromatic rings. The van der Waals surface area contributed by atoms with E-state index in [0.717, 1.165) is 38.3 Å². The quantitative estimate of drug-likeness (QED) is 0.711. The Morgan fingerprint density at radius 2 is 2.05 bits per heavy atom. The number of nitrogens with one attached hydrogen (secondary N) is 1. The first-order valence-corrected chi connectivity index (χ1v) is 7.84. The Labute approximate surface area is 127 Å². The zero-order valence-corrected chi connectivity index (χ0v) is 13.1. The predicted molar refractivity (Wildman–Crippen MR) is 83.8 cm³/mol. The van der Waals surface area contributed by atoms with Crippen LogP contribution in [0.2, 0.25) is 0 Å². The normalized spacial score (nSPS) is 20.9. The van der Waals surface area contributed by atoms with E-state index in [1.807, 2.05) is 6.07 Å². The predicted octanol–water partition coefficient (Wildman–Crippen LogP) is 2.79. The van der Waals surface area contributed by atoms with Gasteiger partial charge in [-0.15, -0.1) is 0 Å². The molecule has 0 saturated heterocycles. The minimum atomic E-state index is 0.393. The third-order valence-electron chi connectivity index (χ3n) is 3.84. The van der Waals surface area contributed by atoms with Crippen molar-refractivity contribution in [3.05, 3.63) is 29.8 Å². The van der Waals surface area contributed by atoms with Gasteiger partial charge in [-0.05, 0) is 25.5 Å². The number of fused-ring (bicyclic) bond motifs is 1. The van der Waals surface area contributed by atoms with Gasteiger partial charge in [0, 0.05) is 31.2 Å². The van der Waals surface area contributed by atoms with Crippen LogP contribution in [0.15, 0.2) is 24.3 Å². The van der Waals surface area contributed by atoms with Crippen LogP contribution in [-0.2, 0) is 9.47 Å². The molecule has 0 amide bonds. The zero-order chi connectivity index (χ0) is 14.9. The first-order chi connectivity index (χ1) is 10.3. The Balaban J connectivity index is 1.68. The molecule has 2 rings (SSSR count). The summed E-state index contributed by atoms with van der Waals surface area (Å²) < 4.78 is 16.2. The average Bonchev–Trinajstić information content (AvgIpc) is 2.51. The van der Waals surface area contributed by atoms with Crippen molar-refractivity contribution in [1.82, 2.24) is 5.32 Å². The zero-order valence-electron chi connectivity index (χ0n) is 13.1. The highest BCUT2D eigenvalue weighted by molar-refractivity contribution is 5.37. The highest BCUT2D eigenvalue weighted by atomic mass is 16.5. The van der Waals surface area contributed by atoms with E-state index in [-0.39, 0.29) is 0 Å². The van der Waals surface area contributed by atoms with E-state index in [1.54, 1.807) is 7.11 Å². The molecule has 0 spiro atoms. The van der Waals surface area contributed by atoms with E-state index in [2.05, 4.69) is 30.4 Å². The van der Waals surface area contributed by atoms with Gasteiger partial charge in [-0.1, -0.05) is 25.1 Å². The van der Waals surface area contributed by atoms with Gasteiger partial charge in [0.15, 0.2) is 0 Å². The summed E-state index contributed by atoms with van der Waals surface area (Å²) in [7, 11) is 1.69. The molecule has 0 bridgehead atoms. The number of para-hydroxylation sites is 1. The fourth-order valence-electron chi connectivity index (χ4n) is 2.64. The highest BCUT2D eigenvalue weighted by Crippen LogP contribution is 2.34. The number of hydrogen-bond donors (Lipinski definition) is 1. The molecule has 1 aromatic carbocycles. The summed E-state index contributed by atoms with van der Waals surface area (Å²) in [6.45, 7) is 6.21. The fourth-order valence-corrected chi connectivity index (χ4v) is 2.64. The Bertz CT molecular complexity index is 411. The summed E-state index contributed by atoms with van der Waals surface area (Å²) in [6.07, 6.45) is 2.20. The van der Waals surface area contributed by atoms with E-state index in [0.29, 0.717) is 25.2 Å². The minimum absolute atomic E-state index is 0.393. The number of benzene rings is 1. The number of rotatable bonds is 9. The molecule has 0 fully saturated rings. The van der Waals surface area contributed by atoms with Crippen LogP contribution in [0.4, 0.5) is 0 Å². The molecule has 1 heterocycles. The maximum atomic E-state index is 5.78. The van der Waals surface area contributed by atoms with Crippen molar-refractivity contribution in [2.75, 3.05) is 40.1 Å². The standard InChI is InChI=1S/C17H27NO3/c1-14-13-21-16-8-4-3-7-15(16)17(14)18-9-5-6-10-20-12-11-19-2/h3-4,7-8,14,17-18H,5-6,9-13H2,1-2H3. The molecule has 2 atom stereocenters. The van der Waals surface area contributed by atoms with Crippen LogP contribution in [-0.4, -0.2) is 40.1 Å². The lowest BCUT2D eigenvalue weighted by atomic mass is 9.92. The molecular formula is C17H27NO3. The molecule has 0 aromatic heterocycles. The molecule has 4 nitrogen and oxygen atoms in total. The largest absolute Gasteiger partial charge is 0.493 e. The maximum absolute atomic E-state index is 5.78. The molecule has 1 aliphatic rings. The molecule has 0 aliphatic carbocycles. The van der Waals surface area contributed by atoms with Crippen LogP contribution in [0.25, 0.3) is 0 Å². The van der Waals surface area contributed by atoms with E-state index in [9.17, 15) is 0 Å². The summed E-state index contributed by atoms with van der Waals surface area (Å²) in [5.74, 6) is 1.52. The van der Waals surface area contributed by atoms with Gasteiger partial charge in [-0.25, -0.2) is 0 Å². The van der Waals surface area contributed by atoms with Crippen LogP contribution >= 0.6 is 0 Å². The Morgan fingerprint density at radius 1 is 1.19 bits per heavy atom. The second-order valence-corrected chi connectivity index (χ2v) is 5.57. The average molecular weight is 293 g/mol. The van der Waals surface area contributed by atoms with Crippen LogP contribution in [0, 0.1) is 5.92 Å². The monoisotopic (exact) mass is 293 g/mol. The summed E-state index contributed by atoms with van der Waals surface area (Å²) in [5, 5.41) is 3.67. The first kappa shape index (κ1) is 16.3. The fraction of sp³-hybridized carbons (Fsp3) is 0.647. The van der Waals surface area contributed by atoms with Crippen LogP contribution in [0.3, 0.4) is 0 Å². The molecule has 118 valence electrons. The summed E-state index contributed by atoms with van der Waals surface area (Å²) in [6, 6.07) is 8.72. The smallest absolute Gasteiger partial charge is 0.124 e. The van der Waals surface area contributed by atoms with Gasteiger partial charge in [0.25, 0.3) is 0 Å². The third kappa shape index (κ3) is 4.99.